The zero-order chi connectivity index (χ0) is 16.6. The third-order valence-electron chi connectivity index (χ3n) is 5.62. The lowest BCUT2D eigenvalue weighted by molar-refractivity contribution is -0.128. The Morgan fingerprint density at radius 3 is 2.50 bits per heavy atom. The number of carbonyl (C=O) groups excluding carboxylic acids is 1. The molecule has 1 amide bonds. The standard InChI is InChI=1S/C18H23N5O/c1-21-7-2-3-15(21)13-22-8-4-18(5-9-22)6-10-23(17(18)24)16-11-19-14-20-12-16/h2-3,7,11-12,14H,4-6,8-10,13H2,1H3. The Morgan fingerprint density at radius 2 is 1.83 bits per heavy atom. The number of likely N-dealkylation sites (tertiary alicyclic amines) is 1. The fraction of sp³-hybridized carbons (Fsp3) is 0.500. The minimum absolute atomic E-state index is 0.180. The first-order valence-electron chi connectivity index (χ1n) is 8.57. The molecule has 6 nitrogen and oxygen atoms in total. The monoisotopic (exact) mass is 325 g/mol. The van der Waals surface area contributed by atoms with E-state index in [-0.39, 0.29) is 11.3 Å². The van der Waals surface area contributed by atoms with Crippen LogP contribution in [0.2, 0.25) is 0 Å². The van der Waals surface area contributed by atoms with Gasteiger partial charge in [-0.15, -0.1) is 0 Å². The molecule has 2 aromatic heterocycles. The van der Waals surface area contributed by atoms with Gasteiger partial charge in [-0.25, -0.2) is 9.97 Å². The molecular formula is C18H23N5O. The Balaban J connectivity index is 1.42. The third-order valence-corrected chi connectivity index (χ3v) is 5.62. The average Bonchev–Trinajstić information content (AvgIpc) is 3.15. The van der Waals surface area contributed by atoms with Crippen LogP contribution in [0.3, 0.4) is 0 Å². The summed E-state index contributed by atoms with van der Waals surface area (Å²) in [5.41, 5.74) is 1.97. The van der Waals surface area contributed by atoms with E-state index >= 15 is 0 Å². The highest BCUT2D eigenvalue weighted by atomic mass is 16.2. The summed E-state index contributed by atoms with van der Waals surface area (Å²) in [6.07, 6.45) is 9.88. The van der Waals surface area contributed by atoms with Crippen LogP contribution in [0.4, 0.5) is 5.69 Å². The van der Waals surface area contributed by atoms with Crippen molar-refractivity contribution in [3.05, 3.63) is 42.7 Å². The maximum absolute atomic E-state index is 13.0. The zero-order valence-corrected chi connectivity index (χ0v) is 14.1. The molecule has 0 radical (unpaired) electrons. The number of hydrogen-bond donors (Lipinski definition) is 0. The minimum Gasteiger partial charge on any atom is -0.353 e. The van der Waals surface area contributed by atoms with Gasteiger partial charge < -0.3 is 9.47 Å². The van der Waals surface area contributed by atoms with Crippen LogP contribution in [0.5, 0.6) is 0 Å². The fourth-order valence-corrected chi connectivity index (χ4v) is 3.99. The van der Waals surface area contributed by atoms with Crippen LogP contribution in [0.15, 0.2) is 37.1 Å². The second-order valence-electron chi connectivity index (χ2n) is 6.97. The molecule has 0 N–H and O–H groups in total. The number of rotatable bonds is 3. The van der Waals surface area contributed by atoms with E-state index in [9.17, 15) is 4.79 Å². The Hall–Kier alpha value is -2.21. The summed E-state index contributed by atoms with van der Waals surface area (Å²) >= 11 is 0. The smallest absolute Gasteiger partial charge is 0.233 e. The summed E-state index contributed by atoms with van der Waals surface area (Å²) in [7, 11) is 2.08. The number of piperidine rings is 1. The van der Waals surface area contributed by atoms with Crippen LogP contribution < -0.4 is 4.90 Å². The van der Waals surface area contributed by atoms with Gasteiger partial charge in [-0.1, -0.05) is 0 Å². The van der Waals surface area contributed by atoms with Crippen molar-refractivity contribution in [2.45, 2.75) is 25.8 Å². The van der Waals surface area contributed by atoms with Crippen LogP contribution in [0.1, 0.15) is 25.0 Å². The molecule has 0 atom stereocenters. The molecule has 2 aliphatic heterocycles. The summed E-state index contributed by atoms with van der Waals surface area (Å²) in [5.74, 6) is 0.260. The van der Waals surface area contributed by atoms with Crippen molar-refractivity contribution in [1.29, 1.82) is 0 Å². The second kappa shape index (κ2) is 6.02. The van der Waals surface area contributed by atoms with E-state index in [0.29, 0.717) is 0 Å². The predicted molar refractivity (Wildman–Crippen MR) is 91.4 cm³/mol. The Kier molecular flexibility index (Phi) is 3.84. The number of nitrogens with zero attached hydrogens (tertiary/aromatic N) is 5. The van der Waals surface area contributed by atoms with E-state index in [0.717, 1.165) is 51.1 Å². The molecule has 4 heterocycles. The van der Waals surface area contributed by atoms with Gasteiger partial charge in [0.1, 0.15) is 6.33 Å². The summed E-state index contributed by atoms with van der Waals surface area (Å²) in [4.78, 5) is 25.4. The number of anilines is 1. The molecule has 2 aliphatic rings. The number of hydrogen-bond acceptors (Lipinski definition) is 4. The summed E-state index contributed by atoms with van der Waals surface area (Å²) < 4.78 is 2.17. The first-order chi connectivity index (χ1) is 11.7. The van der Waals surface area contributed by atoms with Crippen LogP contribution in [-0.4, -0.2) is 45.0 Å². The van der Waals surface area contributed by atoms with Crippen molar-refractivity contribution in [2.24, 2.45) is 12.5 Å². The zero-order valence-electron chi connectivity index (χ0n) is 14.1. The highest BCUT2D eigenvalue weighted by Crippen LogP contribution is 2.43. The predicted octanol–water partition coefficient (Wildman–Crippen LogP) is 1.83. The number of aromatic nitrogens is 3. The number of aryl methyl sites for hydroxylation is 1. The lowest BCUT2D eigenvalue weighted by atomic mass is 9.77. The topological polar surface area (TPSA) is 54.3 Å². The minimum atomic E-state index is -0.180. The van der Waals surface area contributed by atoms with Gasteiger partial charge >= 0.3 is 0 Å². The van der Waals surface area contributed by atoms with Crippen LogP contribution in [0, 0.1) is 5.41 Å². The van der Waals surface area contributed by atoms with Crippen LogP contribution in [0.25, 0.3) is 0 Å². The van der Waals surface area contributed by atoms with E-state index in [1.807, 2.05) is 4.90 Å². The molecule has 0 aliphatic carbocycles. The first-order valence-corrected chi connectivity index (χ1v) is 8.57. The summed E-state index contributed by atoms with van der Waals surface area (Å²) in [6, 6.07) is 4.25. The van der Waals surface area contributed by atoms with Crippen LogP contribution >= 0.6 is 0 Å². The van der Waals surface area contributed by atoms with Crippen LogP contribution in [-0.2, 0) is 18.4 Å². The average molecular weight is 325 g/mol. The van der Waals surface area contributed by atoms with Gasteiger partial charge in [-0.05, 0) is 44.5 Å². The largest absolute Gasteiger partial charge is 0.353 e. The third kappa shape index (κ3) is 2.60. The van der Waals surface area contributed by atoms with Gasteiger partial charge in [0.2, 0.25) is 5.91 Å². The van der Waals surface area contributed by atoms with E-state index in [4.69, 9.17) is 0 Å². The molecule has 6 heteroatoms. The van der Waals surface area contributed by atoms with Crippen molar-refractivity contribution in [3.63, 3.8) is 0 Å². The molecule has 2 aromatic rings. The maximum atomic E-state index is 13.0. The molecule has 4 rings (SSSR count). The van der Waals surface area contributed by atoms with E-state index in [1.54, 1.807) is 12.4 Å². The second-order valence-corrected chi connectivity index (χ2v) is 6.97. The highest BCUT2D eigenvalue weighted by Gasteiger charge is 2.48. The van der Waals surface area contributed by atoms with Gasteiger partial charge in [0.25, 0.3) is 0 Å². The summed E-state index contributed by atoms with van der Waals surface area (Å²) in [5, 5.41) is 0. The van der Waals surface area contributed by atoms with Crippen molar-refractivity contribution in [1.82, 2.24) is 19.4 Å². The molecule has 1 spiro atoms. The van der Waals surface area contributed by atoms with Crippen molar-refractivity contribution < 1.29 is 4.79 Å². The van der Waals surface area contributed by atoms with Gasteiger partial charge in [0.15, 0.2) is 0 Å². The summed E-state index contributed by atoms with van der Waals surface area (Å²) in [6.45, 7) is 3.71. The molecular weight excluding hydrogens is 302 g/mol. The Bertz CT molecular complexity index is 718. The number of amides is 1. The van der Waals surface area contributed by atoms with Crippen molar-refractivity contribution >= 4 is 11.6 Å². The highest BCUT2D eigenvalue weighted by molar-refractivity contribution is 5.99. The van der Waals surface area contributed by atoms with Gasteiger partial charge in [-0.3, -0.25) is 9.69 Å². The van der Waals surface area contributed by atoms with E-state index in [1.165, 1.54) is 12.0 Å². The molecule has 0 aromatic carbocycles. The van der Waals surface area contributed by atoms with E-state index < -0.39 is 0 Å². The van der Waals surface area contributed by atoms with Crippen molar-refractivity contribution in [2.75, 3.05) is 24.5 Å². The molecule has 2 saturated heterocycles. The molecule has 0 unspecified atom stereocenters. The SMILES string of the molecule is Cn1cccc1CN1CCC2(CC1)CCN(c1cncnc1)C2=O. The Morgan fingerprint density at radius 1 is 1.12 bits per heavy atom. The molecule has 0 saturated carbocycles. The normalized spacial score (nSPS) is 20.9. The lowest BCUT2D eigenvalue weighted by Crippen LogP contribution is -2.44. The van der Waals surface area contributed by atoms with Gasteiger partial charge in [0.05, 0.1) is 23.5 Å². The number of carbonyl (C=O) groups is 1. The van der Waals surface area contributed by atoms with Gasteiger partial charge in [0, 0.05) is 32.0 Å². The quantitative estimate of drug-likeness (QED) is 0.864. The first kappa shape index (κ1) is 15.3. The lowest BCUT2D eigenvalue weighted by Gasteiger charge is -2.38. The fourth-order valence-electron chi connectivity index (χ4n) is 3.99. The molecule has 24 heavy (non-hydrogen) atoms. The van der Waals surface area contributed by atoms with E-state index in [2.05, 4.69) is 44.8 Å². The van der Waals surface area contributed by atoms with Gasteiger partial charge in [-0.2, -0.15) is 0 Å². The molecule has 126 valence electrons. The molecule has 2 fully saturated rings. The molecule has 0 bridgehead atoms. The Labute approximate surface area is 142 Å². The maximum Gasteiger partial charge on any atom is 0.233 e. The van der Waals surface area contributed by atoms with Crippen molar-refractivity contribution in [3.8, 4) is 0 Å².